The van der Waals surface area contributed by atoms with Gasteiger partial charge in [-0.25, -0.2) is 4.39 Å². The highest BCUT2D eigenvalue weighted by molar-refractivity contribution is 6.01. The van der Waals surface area contributed by atoms with Crippen molar-refractivity contribution in [1.82, 2.24) is 5.16 Å². The Kier molecular flexibility index (Phi) is 4.01. The molecule has 2 aliphatic rings. The van der Waals surface area contributed by atoms with E-state index in [0.29, 0.717) is 30.0 Å². The second-order valence-electron chi connectivity index (χ2n) is 7.60. The van der Waals surface area contributed by atoms with Crippen molar-refractivity contribution in [2.75, 3.05) is 5.32 Å². The molecule has 1 aromatic heterocycles. The zero-order chi connectivity index (χ0) is 20.1. The Balaban J connectivity index is 1.63. The van der Waals surface area contributed by atoms with Crippen molar-refractivity contribution >= 4 is 11.7 Å². The Bertz CT molecular complexity index is 1150. The summed E-state index contributed by atoms with van der Waals surface area (Å²) in [5, 5.41) is 17.6. The number of benzene rings is 2. The molecule has 0 amide bonds. The van der Waals surface area contributed by atoms with Gasteiger partial charge in [-0.3, -0.25) is 4.79 Å². The number of para-hydroxylation sites is 1. The van der Waals surface area contributed by atoms with Crippen LogP contribution in [-0.2, 0) is 4.79 Å². The van der Waals surface area contributed by atoms with Crippen molar-refractivity contribution in [2.24, 2.45) is 0 Å². The smallest absolute Gasteiger partial charge is 0.233 e. The lowest BCUT2D eigenvalue weighted by molar-refractivity contribution is -0.116. The first-order valence-corrected chi connectivity index (χ1v) is 9.55. The Labute approximate surface area is 166 Å². The number of nitrogens with one attached hydrogen (secondary N) is 1. The van der Waals surface area contributed by atoms with Crippen molar-refractivity contribution in [3.05, 3.63) is 88.0 Å². The Morgan fingerprint density at radius 3 is 2.66 bits per heavy atom. The summed E-state index contributed by atoms with van der Waals surface area (Å²) in [5.41, 5.74) is 4.53. The molecular formula is C23H19FN2O3. The minimum atomic E-state index is -0.356. The number of aromatic nitrogens is 1. The highest BCUT2D eigenvalue weighted by Crippen LogP contribution is 2.49. The summed E-state index contributed by atoms with van der Waals surface area (Å²) in [6.07, 6.45) is 0.866. The molecule has 29 heavy (non-hydrogen) atoms. The molecule has 0 spiro atoms. The molecule has 5 nitrogen and oxygen atoms in total. The molecule has 2 aromatic carbocycles. The van der Waals surface area contributed by atoms with Crippen molar-refractivity contribution < 1.29 is 18.8 Å². The third-order valence-electron chi connectivity index (χ3n) is 5.84. The molecule has 0 saturated carbocycles. The van der Waals surface area contributed by atoms with Crippen molar-refractivity contribution in [3.63, 3.8) is 0 Å². The number of fused-ring (bicyclic) bond motifs is 1. The number of ketones is 1. The molecule has 0 unspecified atom stereocenters. The van der Waals surface area contributed by atoms with Gasteiger partial charge in [-0.15, -0.1) is 0 Å². The topological polar surface area (TPSA) is 75.4 Å². The van der Waals surface area contributed by atoms with Gasteiger partial charge in [0.25, 0.3) is 0 Å². The number of phenolic OH excluding ortho intramolecular Hbond substituents is 1. The second kappa shape index (κ2) is 6.58. The maximum Gasteiger partial charge on any atom is 0.233 e. The van der Waals surface area contributed by atoms with E-state index in [4.69, 9.17) is 4.52 Å². The van der Waals surface area contributed by atoms with E-state index < -0.39 is 0 Å². The molecule has 2 atom stereocenters. The Hall–Kier alpha value is -3.41. The van der Waals surface area contributed by atoms with E-state index in [0.717, 1.165) is 22.4 Å². The van der Waals surface area contributed by atoms with Crippen LogP contribution < -0.4 is 5.32 Å². The number of Topliss-reactive ketones (excluding diaryl/α,β-unsaturated/α-hetero) is 1. The van der Waals surface area contributed by atoms with Crippen LogP contribution >= 0.6 is 0 Å². The van der Waals surface area contributed by atoms with Gasteiger partial charge in [-0.2, -0.15) is 0 Å². The van der Waals surface area contributed by atoms with Gasteiger partial charge in [-0.05, 0) is 42.7 Å². The van der Waals surface area contributed by atoms with Crippen LogP contribution in [0.4, 0.5) is 10.3 Å². The summed E-state index contributed by atoms with van der Waals surface area (Å²) in [5.74, 6) is -0.0978. The quantitative estimate of drug-likeness (QED) is 0.658. The maximum atomic E-state index is 13.5. The Morgan fingerprint density at radius 1 is 1.14 bits per heavy atom. The second-order valence-corrected chi connectivity index (χ2v) is 7.60. The van der Waals surface area contributed by atoms with Crippen LogP contribution in [0.5, 0.6) is 5.75 Å². The lowest BCUT2D eigenvalue weighted by Gasteiger charge is -2.34. The molecule has 2 N–H and O–H groups in total. The number of nitrogens with zero attached hydrogens (tertiary/aromatic N) is 1. The van der Waals surface area contributed by atoms with Crippen LogP contribution in [0, 0.1) is 12.7 Å². The van der Waals surface area contributed by atoms with E-state index in [1.165, 1.54) is 12.1 Å². The molecule has 3 aromatic rings. The van der Waals surface area contributed by atoms with Gasteiger partial charge in [0.15, 0.2) is 5.78 Å². The van der Waals surface area contributed by atoms with Gasteiger partial charge >= 0.3 is 0 Å². The van der Waals surface area contributed by atoms with E-state index >= 15 is 0 Å². The SMILES string of the molecule is Cc1noc2c1[C@@H](c1ccc(F)cc1)C1=C(C[C@H](c3ccccc3O)CC1=O)N2. The molecule has 146 valence electrons. The van der Waals surface area contributed by atoms with Crippen LogP contribution in [0.3, 0.4) is 0 Å². The minimum absolute atomic E-state index is 0.00702. The van der Waals surface area contributed by atoms with E-state index in [1.54, 1.807) is 24.3 Å². The highest BCUT2D eigenvalue weighted by Gasteiger charge is 2.41. The standard InChI is InChI=1S/C23H19FN2O3/c1-12-20-21(13-6-8-15(24)9-7-13)22-17(25-23(20)29-26-12)10-14(11-19(22)28)16-4-2-3-5-18(16)27/h2-9,14,21,25,27H,10-11H2,1H3/t14-,21+/m0/s1. The first kappa shape index (κ1) is 17.7. The van der Waals surface area contributed by atoms with Gasteiger partial charge < -0.3 is 14.9 Å². The number of hydrogen-bond donors (Lipinski definition) is 2. The molecule has 1 aliphatic carbocycles. The number of allylic oxidation sites excluding steroid dienone is 2. The predicted molar refractivity (Wildman–Crippen MR) is 105 cm³/mol. The first-order valence-electron chi connectivity index (χ1n) is 9.55. The Morgan fingerprint density at radius 2 is 1.90 bits per heavy atom. The molecular weight excluding hydrogens is 371 g/mol. The predicted octanol–water partition coefficient (Wildman–Crippen LogP) is 4.79. The number of phenols is 1. The van der Waals surface area contributed by atoms with E-state index in [-0.39, 0.29) is 29.2 Å². The summed E-state index contributed by atoms with van der Waals surface area (Å²) in [7, 11) is 0. The molecule has 5 rings (SSSR count). The third kappa shape index (κ3) is 2.83. The van der Waals surface area contributed by atoms with Gasteiger partial charge in [0.05, 0.1) is 11.3 Å². The zero-order valence-electron chi connectivity index (χ0n) is 15.8. The number of anilines is 1. The first-order chi connectivity index (χ1) is 14.0. The van der Waals surface area contributed by atoms with Crippen LogP contribution in [-0.4, -0.2) is 16.0 Å². The van der Waals surface area contributed by atoms with Gasteiger partial charge in [0.1, 0.15) is 11.6 Å². The zero-order valence-corrected chi connectivity index (χ0v) is 15.8. The number of halogens is 1. The van der Waals surface area contributed by atoms with Gasteiger partial charge in [-0.1, -0.05) is 35.5 Å². The average molecular weight is 390 g/mol. The molecule has 2 heterocycles. The number of carbonyl (C=O) groups excluding carboxylic acids is 1. The molecule has 0 radical (unpaired) electrons. The summed E-state index contributed by atoms with van der Waals surface area (Å²) in [4.78, 5) is 13.3. The van der Waals surface area contributed by atoms with Gasteiger partial charge in [0, 0.05) is 29.5 Å². The minimum Gasteiger partial charge on any atom is -0.508 e. The summed E-state index contributed by atoms with van der Waals surface area (Å²) < 4.78 is 19.0. The summed E-state index contributed by atoms with van der Waals surface area (Å²) >= 11 is 0. The third-order valence-corrected chi connectivity index (χ3v) is 5.84. The van der Waals surface area contributed by atoms with Crippen LogP contribution in [0.1, 0.15) is 47.1 Å². The largest absolute Gasteiger partial charge is 0.508 e. The van der Waals surface area contributed by atoms with E-state index in [1.807, 2.05) is 19.1 Å². The van der Waals surface area contributed by atoms with Crippen LogP contribution in [0.15, 0.2) is 64.3 Å². The van der Waals surface area contributed by atoms with E-state index in [2.05, 4.69) is 10.5 Å². The van der Waals surface area contributed by atoms with Crippen molar-refractivity contribution in [1.29, 1.82) is 0 Å². The van der Waals surface area contributed by atoms with Crippen molar-refractivity contribution in [2.45, 2.75) is 31.6 Å². The van der Waals surface area contributed by atoms with Crippen LogP contribution in [0.25, 0.3) is 0 Å². The monoisotopic (exact) mass is 390 g/mol. The number of rotatable bonds is 2. The fourth-order valence-electron chi connectivity index (χ4n) is 4.51. The number of aromatic hydroxyl groups is 1. The van der Waals surface area contributed by atoms with Crippen molar-refractivity contribution in [3.8, 4) is 5.75 Å². The van der Waals surface area contributed by atoms with Crippen LogP contribution in [0.2, 0.25) is 0 Å². The number of carbonyl (C=O) groups is 1. The fraction of sp³-hybridized carbons (Fsp3) is 0.217. The summed E-state index contributed by atoms with van der Waals surface area (Å²) in [6.45, 7) is 1.84. The molecule has 6 heteroatoms. The molecule has 0 saturated heterocycles. The highest BCUT2D eigenvalue weighted by atomic mass is 19.1. The molecule has 1 aliphatic heterocycles. The molecule has 0 bridgehead atoms. The van der Waals surface area contributed by atoms with E-state index in [9.17, 15) is 14.3 Å². The maximum absolute atomic E-state index is 13.5. The van der Waals surface area contributed by atoms with Gasteiger partial charge in [0.2, 0.25) is 5.88 Å². The average Bonchev–Trinajstić information content (AvgIpc) is 3.08. The lowest BCUT2D eigenvalue weighted by atomic mass is 9.72. The number of hydrogen-bond acceptors (Lipinski definition) is 5. The summed E-state index contributed by atoms with van der Waals surface area (Å²) in [6, 6.07) is 13.3. The normalized spacial score (nSPS) is 20.8. The fourth-order valence-corrected chi connectivity index (χ4v) is 4.51. The lowest BCUT2D eigenvalue weighted by Crippen LogP contribution is -2.29. The molecule has 0 fully saturated rings. The number of aryl methyl sites for hydroxylation is 1.